The van der Waals surface area contributed by atoms with Gasteiger partial charge in [0, 0.05) is 6.04 Å². The van der Waals surface area contributed by atoms with Crippen molar-refractivity contribution in [3.63, 3.8) is 0 Å². The van der Waals surface area contributed by atoms with Crippen molar-refractivity contribution in [2.24, 2.45) is 0 Å². The van der Waals surface area contributed by atoms with Gasteiger partial charge in [-0.1, -0.05) is 42.5 Å². The number of aryl methyl sites for hydroxylation is 1. The van der Waals surface area contributed by atoms with Gasteiger partial charge < -0.3 is 4.74 Å². The lowest BCUT2D eigenvalue weighted by Crippen LogP contribution is -2.51. The SMILES string of the molecule is Cc1cc(C(F)(F)F)ccc1C1=CC2CCCC(C1)N2C(=O)OCc1ccccc1. The van der Waals surface area contributed by atoms with E-state index in [1.165, 1.54) is 6.07 Å². The van der Waals surface area contributed by atoms with Gasteiger partial charge in [-0.05, 0) is 67.0 Å². The van der Waals surface area contributed by atoms with Crippen LogP contribution in [0.4, 0.5) is 18.0 Å². The van der Waals surface area contributed by atoms with Gasteiger partial charge in [0.2, 0.25) is 0 Å². The van der Waals surface area contributed by atoms with Crippen molar-refractivity contribution in [2.45, 2.75) is 57.5 Å². The van der Waals surface area contributed by atoms with Crippen molar-refractivity contribution in [3.05, 3.63) is 76.9 Å². The molecule has 2 unspecified atom stereocenters. The first-order chi connectivity index (χ1) is 14.3. The largest absolute Gasteiger partial charge is 0.445 e. The third-order valence-electron chi connectivity index (χ3n) is 5.95. The minimum Gasteiger partial charge on any atom is -0.445 e. The lowest BCUT2D eigenvalue weighted by atomic mass is 9.82. The Bertz CT molecular complexity index is 953. The number of hydrogen-bond acceptors (Lipinski definition) is 2. The molecule has 0 radical (unpaired) electrons. The van der Waals surface area contributed by atoms with E-state index in [1.807, 2.05) is 41.3 Å². The van der Waals surface area contributed by atoms with E-state index < -0.39 is 11.7 Å². The molecular weight excluding hydrogens is 391 g/mol. The lowest BCUT2D eigenvalue weighted by molar-refractivity contribution is -0.137. The number of carbonyl (C=O) groups is 1. The fourth-order valence-electron chi connectivity index (χ4n) is 4.51. The summed E-state index contributed by atoms with van der Waals surface area (Å²) in [6.45, 7) is 1.94. The minimum absolute atomic E-state index is 0.00807. The number of nitrogens with zero attached hydrogens (tertiary/aromatic N) is 1. The number of halogens is 3. The maximum atomic E-state index is 13.0. The summed E-state index contributed by atoms with van der Waals surface area (Å²) in [4.78, 5) is 14.6. The van der Waals surface area contributed by atoms with Crippen molar-refractivity contribution in [1.29, 1.82) is 0 Å². The summed E-state index contributed by atoms with van der Waals surface area (Å²) in [6.07, 6.45) is 0.716. The molecule has 1 amide bonds. The molecule has 2 aromatic carbocycles. The number of benzene rings is 2. The third-order valence-corrected chi connectivity index (χ3v) is 5.95. The number of piperidine rings is 1. The summed E-state index contributed by atoms with van der Waals surface area (Å²) in [5, 5.41) is 0. The Kier molecular flexibility index (Phi) is 5.58. The highest BCUT2D eigenvalue weighted by atomic mass is 19.4. The molecule has 0 spiro atoms. The first-order valence-electron chi connectivity index (χ1n) is 10.2. The van der Waals surface area contributed by atoms with Gasteiger partial charge in [-0.25, -0.2) is 4.79 Å². The first-order valence-corrected chi connectivity index (χ1v) is 10.2. The average Bonchev–Trinajstić information content (AvgIpc) is 2.71. The molecule has 4 rings (SSSR count). The molecule has 2 bridgehead atoms. The topological polar surface area (TPSA) is 29.5 Å². The molecule has 1 saturated heterocycles. The van der Waals surface area contributed by atoms with Crippen molar-refractivity contribution < 1.29 is 22.7 Å². The predicted octanol–water partition coefficient (Wildman–Crippen LogP) is 6.36. The second-order valence-electron chi connectivity index (χ2n) is 8.02. The summed E-state index contributed by atoms with van der Waals surface area (Å²) in [6, 6.07) is 13.4. The molecule has 158 valence electrons. The number of fused-ring (bicyclic) bond motifs is 2. The fraction of sp³-hybridized carbons (Fsp3) is 0.375. The average molecular weight is 415 g/mol. The first kappa shape index (κ1) is 20.5. The molecule has 2 aromatic rings. The Morgan fingerprint density at radius 3 is 2.57 bits per heavy atom. The highest BCUT2D eigenvalue weighted by Gasteiger charge is 2.38. The molecule has 0 aliphatic carbocycles. The molecule has 30 heavy (non-hydrogen) atoms. The Labute approximate surface area is 174 Å². The van der Waals surface area contributed by atoms with Crippen molar-refractivity contribution in [3.8, 4) is 0 Å². The number of alkyl halides is 3. The summed E-state index contributed by atoms with van der Waals surface area (Å²) < 4.78 is 44.5. The molecule has 0 saturated carbocycles. The predicted molar refractivity (Wildman–Crippen MR) is 109 cm³/mol. The van der Waals surface area contributed by atoms with Crippen LogP contribution in [-0.4, -0.2) is 23.1 Å². The van der Waals surface area contributed by atoms with Crippen LogP contribution in [0.2, 0.25) is 0 Å². The zero-order valence-corrected chi connectivity index (χ0v) is 16.8. The van der Waals surface area contributed by atoms with Crippen LogP contribution < -0.4 is 0 Å². The Morgan fingerprint density at radius 1 is 1.13 bits per heavy atom. The summed E-state index contributed by atoms with van der Waals surface area (Å²) in [5.74, 6) is 0. The van der Waals surface area contributed by atoms with Crippen LogP contribution in [-0.2, 0) is 17.5 Å². The molecule has 3 nitrogen and oxygen atoms in total. The van der Waals surface area contributed by atoms with E-state index in [0.717, 1.165) is 42.0 Å². The Balaban J connectivity index is 1.53. The monoisotopic (exact) mass is 415 g/mol. The van der Waals surface area contributed by atoms with E-state index >= 15 is 0 Å². The van der Waals surface area contributed by atoms with Crippen molar-refractivity contribution in [1.82, 2.24) is 4.90 Å². The Hall–Kier alpha value is -2.76. The second-order valence-corrected chi connectivity index (χ2v) is 8.02. The van der Waals surface area contributed by atoms with Crippen LogP contribution in [0.1, 0.15) is 47.9 Å². The van der Waals surface area contributed by atoms with Gasteiger partial charge in [0.15, 0.2) is 0 Å². The van der Waals surface area contributed by atoms with Gasteiger partial charge in [-0.2, -0.15) is 13.2 Å². The van der Waals surface area contributed by atoms with Gasteiger partial charge in [0.25, 0.3) is 0 Å². The molecule has 2 heterocycles. The molecule has 2 aliphatic rings. The van der Waals surface area contributed by atoms with E-state index in [2.05, 4.69) is 0 Å². The van der Waals surface area contributed by atoms with Gasteiger partial charge in [0.05, 0.1) is 11.6 Å². The van der Waals surface area contributed by atoms with Crippen LogP contribution in [0, 0.1) is 6.92 Å². The fourth-order valence-corrected chi connectivity index (χ4v) is 4.51. The minimum atomic E-state index is -4.35. The maximum Gasteiger partial charge on any atom is 0.416 e. The van der Waals surface area contributed by atoms with E-state index in [1.54, 1.807) is 13.0 Å². The van der Waals surface area contributed by atoms with Crippen LogP contribution in [0.3, 0.4) is 0 Å². The number of hydrogen-bond donors (Lipinski definition) is 0. The highest BCUT2D eigenvalue weighted by molar-refractivity contribution is 5.75. The lowest BCUT2D eigenvalue weighted by Gasteiger charge is -2.44. The number of carbonyl (C=O) groups excluding carboxylic acids is 1. The molecule has 1 fully saturated rings. The standard InChI is InChI=1S/C24H24F3NO2/c1-16-12-19(24(25,26)27)10-11-22(16)18-13-20-8-5-9-21(14-18)28(20)23(29)30-15-17-6-3-2-4-7-17/h2-4,6-7,10-13,20-21H,5,8-9,14-15H2,1H3. The molecule has 2 aliphatic heterocycles. The van der Waals surface area contributed by atoms with Crippen LogP contribution in [0.25, 0.3) is 5.57 Å². The molecule has 0 aromatic heterocycles. The van der Waals surface area contributed by atoms with Gasteiger partial charge in [-0.15, -0.1) is 0 Å². The summed E-state index contributed by atoms with van der Waals surface area (Å²) >= 11 is 0. The second kappa shape index (κ2) is 8.17. The summed E-state index contributed by atoms with van der Waals surface area (Å²) in [5.41, 5.74) is 2.76. The zero-order chi connectivity index (χ0) is 21.3. The smallest absolute Gasteiger partial charge is 0.416 e. The highest BCUT2D eigenvalue weighted by Crippen LogP contribution is 2.39. The molecular formula is C24H24F3NO2. The number of ether oxygens (including phenoxy) is 1. The van der Waals surface area contributed by atoms with Crippen LogP contribution in [0.15, 0.2) is 54.6 Å². The van der Waals surface area contributed by atoms with Gasteiger partial charge in [-0.3, -0.25) is 4.90 Å². The number of amides is 1. The van der Waals surface area contributed by atoms with Crippen molar-refractivity contribution >= 4 is 11.7 Å². The normalized spacial score (nSPS) is 21.2. The third kappa shape index (κ3) is 4.23. The summed E-state index contributed by atoms with van der Waals surface area (Å²) in [7, 11) is 0. The van der Waals surface area contributed by atoms with Crippen LogP contribution >= 0.6 is 0 Å². The van der Waals surface area contributed by atoms with Crippen LogP contribution in [0.5, 0.6) is 0 Å². The molecule has 6 heteroatoms. The van der Waals surface area contributed by atoms with E-state index in [0.29, 0.717) is 12.0 Å². The quantitative estimate of drug-likeness (QED) is 0.584. The van der Waals surface area contributed by atoms with E-state index in [9.17, 15) is 18.0 Å². The maximum absolute atomic E-state index is 13.0. The molecule has 0 N–H and O–H groups in total. The van der Waals surface area contributed by atoms with E-state index in [-0.39, 0.29) is 24.8 Å². The Morgan fingerprint density at radius 2 is 1.90 bits per heavy atom. The molecule has 2 atom stereocenters. The van der Waals surface area contributed by atoms with Gasteiger partial charge >= 0.3 is 12.3 Å². The van der Waals surface area contributed by atoms with Gasteiger partial charge in [0.1, 0.15) is 6.61 Å². The number of rotatable bonds is 3. The van der Waals surface area contributed by atoms with E-state index in [4.69, 9.17) is 4.74 Å². The zero-order valence-electron chi connectivity index (χ0n) is 16.8. The van der Waals surface area contributed by atoms with Crippen molar-refractivity contribution in [2.75, 3.05) is 0 Å².